The Bertz CT molecular complexity index is 235. The van der Waals surface area contributed by atoms with E-state index in [1.165, 1.54) is 32.1 Å². The number of carboxylic acid groups (broad SMARTS) is 1. The first-order valence-electron chi connectivity index (χ1n) is 7.20. The maximum Gasteiger partial charge on any atom is 0.303 e. The Morgan fingerprint density at radius 1 is 1.29 bits per heavy atom. The first-order chi connectivity index (χ1) is 7.99. The van der Waals surface area contributed by atoms with E-state index in [1.54, 1.807) is 0 Å². The van der Waals surface area contributed by atoms with Crippen molar-refractivity contribution in [1.82, 2.24) is 0 Å². The number of carbonyl (C=O) groups is 1. The van der Waals surface area contributed by atoms with Crippen molar-refractivity contribution in [2.45, 2.75) is 65.7 Å². The zero-order valence-corrected chi connectivity index (χ0v) is 11.6. The van der Waals surface area contributed by atoms with Crippen LogP contribution in [0.3, 0.4) is 0 Å². The van der Waals surface area contributed by atoms with E-state index in [1.807, 2.05) is 0 Å². The summed E-state index contributed by atoms with van der Waals surface area (Å²) in [6.45, 7) is 6.73. The fourth-order valence-electron chi connectivity index (χ4n) is 3.14. The summed E-state index contributed by atoms with van der Waals surface area (Å²) in [7, 11) is 0. The van der Waals surface area contributed by atoms with Crippen LogP contribution >= 0.6 is 0 Å². The van der Waals surface area contributed by atoms with Gasteiger partial charge >= 0.3 is 5.97 Å². The van der Waals surface area contributed by atoms with Crippen LogP contribution in [0.2, 0.25) is 0 Å². The monoisotopic (exact) mass is 240 g/mol. The van der Waals surface area contributed by atoms with Gasteiger partial charge < -0.3 is 5.11 Å². The molecule has 1 rings (SSSR count). The molecule has 0 aliphatic heterocycles. The van der Waals surface area contributed by atoms with E-state index in [0.29, 0.717) is 12.3 Å². The highest BCUT2D eigenvalue weighted by Gasteiger charge is 2.26. The predicted molar refractivity (Wildman–Crippen MR) is 70.9 cm³/mol. The van der Waals surface area contributed by atoms with Gasteiger partial charge in [-0.25, -0.2) is 0 Å². The van der Waals surface area contributed by atoms with Gasteiger partial charge in [-0.1, -0.05) is 46.5 Å². The summed E-state index contributed by atoms with van der Waals surface area (Å²) in [6, 6.07) is 0. The molecule has 0 saturated heterocycles. The molecule has 0 radical (unpaired) electrons. The van der Waals surface area contributed by atoms with Crippen LogP contribution in [0.4, 0.5) is 0 Å². The van der Waals surface area contributed by atoms with Gasteiger partial charge in [0, 0.05) is 6.42 Å². The van der Waals surface area contributed by atoms with Crippen LogP contribution in [-0.4, -0.2) is 11.1 Å². The van der Waals surface area contributed by atoms with Crippen molar-refractivity contribution in [3.63, 3.8) is 0 Å². The number of carboxylic acids is 1. The lowest BCUT2D eigenvalue weighted by atomic mass is 9.91. The number of hydrogen-bond donors (Lipinski definition) is 1. The molecule has 0 aromatic carbocycles. The molecular weight excluding hydrogens is 212 g/mol. The lowest BCUT2D eigenvalue weighted by molar-refractivity contribution is -0.138. The third kappa shape index (κ3) is 5.56. The molecule has 1 N–H and O–H groups in total. The third-order valence-electron chi connectivity index (χ3n) is 4.36. The molecule has 2 nitrogen and oxygen atoms in total. The Morgan fingerprint density at radius 3 is 2.53 bits per heavy atom. The molecule has 0 spiro atoms. The molecule has 2 heteroatoms. The first kappa shape index (κ1) is 14.5. The van der Waals surface area contributed by atoms with Crippen molar-refractivity contribution >= 4 is 5.97 Å². The largest absolute Gasteiger partial charge is 0.481 e. The number of rotatable bonds is 7. The highest BCUT2D eigenvalue weighted by molar-refractivity contribution is 5.66. The van der Waals surface area contributed by atoms with E-state index in [0.717, 1.165) is 24.2 Å². The summed E-state index contributed by atoms with van der Waals surface area (Å²) in [5, 5.41) is 8.69. The lowest BCUT2D eigenvalue weighted by Crippen LogP contribution is -2.06. The molecule has 0 aromatic heterocycles. The summed E-state index contributed by atoms with van der Waals surface area (Å²) in [4.78, 5) is 10.5. The smallest absolute Gasteiger partial charge is 0.303 e. The van der Waals surface area contributed by atoms with Crippen molar-refractivity contribution in [2.75, 3.05) is 0 Å². The van der Waals surface area contributed by atoms with Crippen LogP contribution in [0.25, 0.3) is 0 Å². The van der Waals surface area contributed by atoms with Crippen LogP contribution in [-0.2, 0) is 4.79 Å². The first-order valence-corrected chi connectivity index (χ1v) is 7.20. The van der Waals surface area contributed by atoms with Gasteiger partial charge in [0.15, 0.2) is 0 Å². The van der Waals surface area contributed by atoms with Crippen molar-refractivity contribution in [3.8, 4) is 0 Å². The molecule has 100 valence electrons. The molecule has 3 atom stereocenters. The highest BCUT2D eigenvalue weighted by atomic mass is 16.4. The van der Waals surface area contributed by atoms with Crippen LogP contribution in [0, 0.1) is 23.7 Å². The molecule has 1 aliphatic rings. The normalized spacial score (nSPS) is 26.4. The number of hydrogen-bond acceptors (Lipinski definition) is 1. The number of aliphatic carboxylic acids is 1. The zero-order valence-electron chi connectivity index (χ0n) is 11.6. The Labute approximate surface area is 106 Å². The van der Waals surface area contributed by atoms with Crippen LogP contribution < -0.4 is 0 Å². The molecule has 0 heterocycles. The molecule has 1 saturated carbocycles. The van der Waals surface area contributed by atoms with E-state index >= 15 is 0 Å². The summed E-state index contributed by atoms with van der Waals surface area (Å²) in [5.41, 5.74) is 0. The zero-order chi connectivity index (χ0) is 12.8. The van der Waals surface area contributed by atoms with Gasteiger partial charge in [-0.3, -0.25) is 4.79 Å². The minimum atomic E-state index is -0.654. The molecule has 0 amide bonds. The van der Waals surface area contributed by atoms with Crippen LogP contribution in [0.5, 0.6) is 0 Å². The fraction of sp³-hybridized carbons (Fsp3) is 0.933. The van der Waals surface area contributed by atoms with E-state index in [-0.39, 0.29) is 0 Å². The second-order valence-corrected chi connectivity index (χ2v) is 6.32. The molecule has 3 unspecified atom stereocenters. The Hall–Kier alpha value is -0.530. The van der Waals surface area contributed by atoms with Crippen molar-refractivity contribution in [3.05, 3.63) is 0 Å². The Balaban J connectivity index is 2.10. The fourth-order valence-corrected chi connectivity index (χ4v) is 3.14. The summed E-state index contributed by atoms with van der Waals surface area (Å²) in [5.74, 6) is 2.38. The topological polar surface area (TPSA) is 37.3 Å². The molecular formula is C15H28O2. The van der Waals surface area contributed by atoms with Gasteiger partial charge in [-0.15, -0.1) is 0 Å². The van der Waals surface area contributed by atoms with Gasteiger partial charge in [0.25, 0.3) is 0 Å². The van der Waals surface area contributed by atoms with Crippen molar-refractivity contribution < 1.29 is 9.90 Å². The lowest BCUT2D eigenvalue weighted by Gasteiger charge is -2.15. The SMILES string of the molecule is CC(CCCC1CCC(C(C)C)C1)CC(=O)O. The minimum absolute atomic E-state index is 0.333. The molecule has 0 bridgehead atoms. The maximum absolute atomic E-state index is 10.5. The maximum atomic E-state index is 10.5. The highest BCUT2D eigenvalue weighted by Crippen LogP contribution is 2.38. The van der Waals surface area contributed by atoms with E-state index in [4.69, 9.17) is 5.11 Å². The standard InChI is InChI=1S/C15H28O2/c1-11(2)14-8-7-13(10-14)6-4-5-12(3)9-15(16)17/h11-14H,4-10H2,1-3H3,(H,16,17). The molecule has 0 aromatic rings. The average molecular weight is 240 g/mol. The second kappa shape index (κ2) is 7.03. The van der Waals surface area contributed by atoms with Gasteiger partial charge in [-0.05, 0) is 36.5 Å². The summed E-state index contributed by atoms with van der Waals surface area (Å²) >= 11 is 0. The summed E-state index contributed by atoms with van der Waals surface area (Å²) in [6.07, 6.45) is 8.15. The molecule has 1 fully saturated rings. The van der Waals surface area contributed by atoms with Gasteiger partial charge in [0.05, 0.1) is 0 Å². The third-order valence-corrected chi connectivity index (χ3v) is 4.36. The van der Waals surface area contributed by atoms with Crippen molar-refractivity contribution in [1.29, 1.82) is 0 Å². The minimum Gasteiger partial charge on any atom is -0.481 e. The molecule has 1 aliphatic carbocycles. The Kier molecular flexibility index (Phi) is 6.01. The predicted octanol–water partition coefficient (Wildman–Crippen LogP) is 4.34. The van der Waals surface area contributed by atoms with Gasteiger partial charge in [-0.2, -0.15) is 0 Å². The van der Waals surface area contributed by atoms with Gasteiger partial charge in [0.1, 0.15) is 0 Å². The summed E-state index contributed by atoms with van der Waals surface area (Å²) < 4.78 is 0. The Morgan fingerprint density at radius 2 is 2.00 bits per heavy atom. The molecule has 17 heavy (non-hydrogen) atoms. The second-order valence-electron chi connectivity index (χ2n) is 6.32. The van der Waals surface area contributed by atoms with Crippen molar-refractivity contribution in [2.24, 2.45) is 23.7 Å². The van der Waals surface area contributed by atoms with E-state index in [2.05, 4.69) is 20.8 Å². The van der Waals surface area contributed by atoms with E-state index < -0.39 is 5.97 Å². The van der Waals surface area contributed by atoms with Crippen LogP contribution in [0.15, 0.2) is 0 Å². The average Bonchev–Trinajstić information content (AvgIpc) is 2.65. The van der Waals surface area contributed by atoms with E-state index in [9.17, 15) is 4.79 Å². The van der Waals surface area contributed by atoms with Gasteiger partial charge in [0.2, 0.25) is 0 Å². The quantitative estimate of drug-likeness (QED) is 0.718. The van der Waals surface area contributed by atoms with Crippen LogP contribution in [0.1, 0.15) is 65.7 Å².